The number of sulfonamides is 1. The molecule has 154 valence electrons. The van der Waals surface area contributed by atoms with E-state index >= 15 is 0 Å². The Labute approximate surface area is 171 Å². The second-order valence-corrected chi connectivity index (χ2v) is 9.24. The number of fused-ring (bicyclic) bond motifs is 1. The topological polar surface area (TPSA) is 70.2 Å². The van der Waals surface area contributed by atoms with Gasteiger partial charge < -0.3 is 14.5 Å². The summed E-state index contributed by atoms with van der Waals surface area (Å²) >= 11 is 0. The summed E-state index contributed by atoms with van der Waals surface area (Å²) in [6.07, 6.45) is 0.682. The molecule has 0 aromatic heterocycles. The van der Waals surface area contributed by atoms with Crippen molar-refractivity contribution in [1.82, 2.24) is 4.31 Å². The third-order valence-corrected chi connectivity index (χ3v) is 7.52. The molecule has 0 aliphatic carbocycles. The molecule has 0 atom stereocenters. The molecule has 2 heterocycles. The normalized spacial score (nSPS) is 17.3. The Morgan fingerprint density at radius 3 is 2.45 bits per heavy atom. The first-order valence-corrected chi connectivity index (χ1v) is 11.1. The number of methoxy groups -OCH3 is 1. The zero-order valence-corrected chi connectivity index (χ0v) is 17.5. The Balaban J connectivity index is 1.49. The van der Waals surface area contributed by atoms with Crippen LogP contribution >= 0.6 is 0 Å². The number of amides is 1. The van der Waals surface area contributed by atoms with Crippen molar-refractivity contribution in [2.24, 2.45) is 0 Å². The molecule has 29 heavy (non-hydrogen) atoms. The first-order chi connectivity index (χ1) is 13.9. The highest BCUT2D eigenvalue weighted by atomic mass is 32.2. The molecule has 0 saturated carbocycles. The second kappa shape index (κ2) is 7.68. The van der Waals surface area contributed by atoms with E-state index in [-0.39, 0.29) is 5.91 Å². The van der Waals surface area contributed by atoms with Gasteiger partial charge in [0.2, 0.25) is 15.9 Å². The summed E-state index contributed by atoms with van der Waals surface area (Å²) in [4.78, 5) is 15.9. The number of benzene rings is 2. The Hall–Kier alpha value is -2.58. The first-order valence-electron chi connectivity index (χ1n) is 9.70. The van der Waals surface area contributed by atoms with Crippen LogP contribution in [0.5, 0.6) is 5.75 Å². The van der Waals surface area contributed by atoms with Crippen LogP contribution in [-0.4, -0.2) is 58.5 Å². The molecule has 1 saturated heterocycles. The van der Waals surface area contributed by atoms with Gasteiger partial charge in [0.05, 0.1) is 12.0 Å². The fraction of sp³-hybridized carbons (Fsp3) is 0.381. The van der Waals surface area contributed by atoms with Gasteiger partial charge in [-0.05, 0) is 42.3 Å². The Kier molecular flexibility index (Phi) is 5.23. The van der Waals surface area contributed by atoms with E-state index in [1.165, 1.54) is 6.92 Å². The predicted molar refractivity (Wildman–Crippen MR) is 112 cm³/mol. The van der Waals surface area contributed by atoms with Gasteiger partial charge in [-0.3, -0.25) is 4.79 Å². The SMILES string of the molecule is COc1cccc(N2CCN(S(=O)(=O)c3ccc4c(c3)CCN4C(C)=O)CC2)c1. The number of carbonyl (C=O) groups excluding carboxylic acids is 1. The minimum Gasteiger partial charge on any atom is -0.497 e. The van der Waals surface area contributed by atoms with Crippen molar-refractivity contribution in [3.05, 3.63) is 48.0 Å². The lowest BCUT2D eigenvalue weighted by Gasteiger charge is -2.35. The standard InChI is InChI=1S/C21H25N3O4S/c1-16(25)24-9-8-17-14-20(6-7-21(17)24)29(26,27)23-12-10-22(11-13-23)18-4-3-5-19(15-18)28-2/h3-7,14-15H,8-13H2,1-2H3. The van der Waals surface area contributed by atoms with E-state index in [2.05, 4.69) is 4.90 Å². The average Bonchev–Trinajstić information content (AvgIpc) is 3.17. The first kappa shape index (κ1) is 19.7. The molecule has 2 aromatic rings. The molecule has 0 radical (unpaired) electrons. The maximum absolute atomic E-state index is 13.2. The molecular formula is C21H25N3O4S. The molecule has 4 rings (SSSR count). The van der Waals surface area contributed by atoms with E-state index in [9.17, 15) is 13.2 Å². The van der Waals surface area contributed by atoms with Crippen LogP contribution < -0.4 is 14.5 Å². The van der Waals surface area contributed by atoms with Crippen LogP contribution in [0.2, 0.25) is 0 Å². The lowest BCUT2D eigenvalue weighted by Crippen LogP contribution is -2.48. The van der Waals surface area contributed by atoms with Crippen molar-refractivity contribution < 1.29 is 17.9 Å². The van der Waals surface area contributed by atoms with Crippen LogP contribution in [0, 0.1) is 0 Å². The van der Waals surface area contributed by atoms with E-state index in [0.717, 1.165) is 22.7 Å². The summed E-state index contributed by atoms with van der Waals surface area (Å²) in [7, 11) is -1.93. The minimum atomic E-state index is -3.56. The monoisotopic (exact) mass is 415 g/mol. The molecule has 2 aliphatic heterocycles. The molecule has 2 aromatic carbocycles. The number of nitrogens with zero attached hydrogens (tertiary/aromatic N) is 3. The molecule has 0 bridgehead atoms. The molecule has 1 fully saturated rings. The average molecular weight is 416 g/mol. The highest BCUT2D eigenvalue weighted by Gasteiger charge is 2.31. The maximum Gasteiger partial charge on any atom is 0.243 e. The third kappa shape index (κ3) is 3.70. The molecular weight excluding hydrogens is 390 g/mol. The van der Waals surface area contributed by atoms with E-state index in [0.29, 0.717) is 44.0 Å². The molecule has 0 N–H and O–H groups in total. The van der Waals surface area contributed by atoms with Crippen molar-refractivity contribution in [3.63, 3.8) is 0 Å². The maximum atomic E-state index is 13.2. The lowest BCUT2D eigenvalue weighted by molar-refractivity contribution is -0.116. The van der Waals surface area contributed by atoms with Crippen LogP contribution in [0.15, 0.2) is 47.4 Å². The van der Waals surface area contributed by atoms with E-state index in [4.69, 9.17) is 4.74 Å². The van der Waals surface area contributed by atoms with Crippen molar-refractivity contribution in [2.75, 3.05) is 49.6 Å². The predicted octanol–water partition coefficient (Wildman–Crippen LogP) is 2.12. The van der Waals surface area contributed by atoms with Crippen LogP contribution in [0.25, 0.3) is 0 Å². The second-order valence-electron chi connectivity index (χ2n) is 7.30. The summed E-state index contributed by atoms with van der Waals surface area (Å²) < 4.78 is 33.1. The number of rotatable bonds is 4. The number of anilines is 2. The van der Waals surface area contributed by atoms with E-state index < -0.39 is 10.0 Å². The van der Waals surface area contributed by atoms with Gasteiger partial charge >= 0.3 is 0 Å². The van der Waals surface area contributed by atoms with Gasteiger partial charge in [0, 0.05) is 57.1 Å². The van der Waals surface area contributed by atoms with Crippen molar-refractivity contribution in [1.29, 1.82) is 0 Å². The van der Waals surface area contributed by atoms with E-state index in [1.54, 1.807) is 34.5 Å². The van der Waals surface area contributed by atoms with Crippen LogP contribution in [0.3, 0.4) is 0 Å². The number of carbonyl (C=O) groups is 1. The summed E-state index contributed by atoms with van der Waals surface area (Å²) in [6.45, 7) is 4.23. The number of piperazine rings is 1. The van der Waals surface area contributed by atoms with Crippen molar-refractivity contribution >= 4 is 27.3 Å². The number of hydrogen-bond acceptors (Lipinski definition) is 5. The third-order valence-electron chi connectivity index (χ3n) is 5.62. The number of hydrogen-bond donors (Lipinski definition) is 0. The highest BCUT2D eigenvalue weighted by molar-refractivity contribution is 7.89. The fourth-order valence-corrected chi connectivity index (χ4v) is 5.48. The van der Waals surface area contributed by atoms with Gasteiger partial charge in [0.15, 0.2) is 0 Å². The largest absolute Gasteiger partial charge is 0.497 e. The molecule has 0 spiro atoms. The Bertz CT molecular complexity index is 1030. The minimum absolute atomic E-state index is 0.0204. The zero-order chi connectivity index (χ0) is 20.6. The summed E-state index contributed by atoms with van der Waals surface area (Å²) in [5.74, 6) is 0.767. The van der Waals surface area contributed by atoms with Gasteiger partial charge in [-0.1, -0.05) is 6.07 Å². The zero-order valence-electron chi connectivity index (χ0n) is 16.7. The highest BCUT2D eigenvalue weighted by Crippen LogP contribution is 2.31. The Morgan fingerprint density at radius 1 is 1.00 bits per heavy atom. The quantitative estimate of drug-likeness (QED) is 0.765. The molecule has 2 aliphatic rings. The molecule has 0 unspecified atom stereocenters. The van der Waals surface area contributed by atoms with Gasteiger partial charge in [-0.25, -0.2) is 8.42 Å². The van der Waals surface area contributed by atoms with Gasteiger partial charge in [-0.2, -0.15) is 4.31 Å². The van der Waals surface area contributed by atoms with Crippen molar-refractivity contribution in [3.8, 4) is 5.75 Å². The van der Waals surface area contributed by atoms with Crippen LogP contribution in [0.4, 0.5) is 11.4 Å². The van der Waals surface area contributed by atoms with Gasteiger partial charge in [0.1, 0.15) is 5.75 Å². The molecule has 8 heteroatoms. The number of ether oxygens (including phenoxy) is 1. The molecule has 7 nitrogen and oxygen atoms in total. The van der Waals surface area contributed by atoms with Gasteiger partial charge in [0.25, 0.3) is 0 Å². The lowest BCUT2D eigenvalue weighted by atomic mass is 10.2. The Morgan fingerprint density at radius 2 is 1.76 bits per heavy atom. The van der Waals surface area contributed by atoms with Crippen LogP contribution in [0.1, 0.15) is 12.5 Å². The summed E-state index contributed by atoms with van der Waals surface area (Å²) in [5, 5.41) is 0. The van der Waals surface area contributed by atoms with Crippen molar-refractivity contribution in [2.45, 2.75) is 18.2 Å². The van der Waals surface area contributed by atoms with Crippen LogP contribution in [-0.2, 0) is 21.2 Å². The smallest absolute Gasteiger partial charge is 0.243 e. The van der Waals surface area contributed by atoms with Gasteiger partial charge in [-0.15, -0.1) is 0 Å². The summed E-state index contributed by atoms with van der Waals surface area (Å²) in [6, 6.07) is 12.9. The fourth-order valence-electron chi connectivity index (χ4n) is 4.01. The summed E-state index contributed by atoms with van der Waals surface area (Å²) in [5.41, 5.74) is 2.76. The van der Waals surface area contributed by atoms with E-state index in [1.807, 2.05) is 24.3 Å². The molecule has 1 amide bonds.